The number of hydrogen-bond acceptors (Lipinski definition) is 4. The summed E-state index contributed by atoms with van der Waals surface area (Å²) in [4.78, 5) is 11.2. The maximum absolute atomic E-state index is 11.2. The number of amides is 1. The van der Waals surface area contributed by atoms with E-state index in [9.17, 15) is 4.79 Å². The highest BCUT2D eigenvalue weighted by Gasteiger charge is 2.12. The third-order valence-corrected chi connectivity index (χ3v) is 2.95. The van der Waals surface area contributed by atoms with Crippen molar-refractivity contribution in [2.45, 2.75) is 24.9 Å². The molecule has 0 radical (unpaired) electrons. The van der Waals surface area contributed by atoms with Crippen molar-refractivity contribution in [3.8, 4) is 0 Å². The van der Waals surface area contributed by atoms with Crippen LogP contribution in [0.25, 0.3) is 0 Å². The van der Waals surface area contributed by atoms with Gasteiger partial charge in [0.2, 0.25) is 5.91 Å². The van der Waals surface area contributed by atoms with E-state index in [0.717, 1.165) is 11.5 Å². The number of carbonyl (C=O) groups is 1. The lowest BCUT2D eigenvalue weighted by Gasteiger charge is -2.07. The van der Waals surface area contributed by atoms with Gasteiger partial charge in [0.05, 0.1) is 10.9 Å². The Kier molecular flexibility index (Phi) is 4.00. The number of thioether (sulfide) groups is 1. The molecule has 1 amide bonds. The largest absolute Gasteiger partial charge is 0.361 e. The highest BCUT2D eigenvalue weighted by Crippen LogP contribution is 2.17. The number of rotatable bonds is 4. The fourth-order valence-electron chi connectivity index (χ4n) is 0.975. The van der Waals surface area contributed by atoms with Gasteiger partial charge in [0.15, 0.2) is 0 Å². The molecule has 1 heterocycles. The molecule has 0 spiro atoms. The predicted octanol–water partition coefficient (Wildman–Crippen LogP) is 1.35. The van der Waals surface area contributed by atoms with Crippen molar-refractivity contribution in [2.24, 2.45) is 0 Å². The molecule has 1 unspecified atom stereocenters. The zero-order chi connectivity index (χ0) is 10.6. The molecular weight excluding hydrogens is 200 g/mol. The van der Waals surface area contributed by atoms with Gasteiger partial charge in [-0.05, 0) is 13.8 Å². The average molecular weight is 214 g/mol. The summed E-state index contributed by atoms with van der Waals surface area (Å²) in [6.07, 6.45) is 0. The second-order valence-electron chi connectivity index (χ2n) is 3.00. The van der Waals surface area contributed by atoms with Crippen molar-refractivity contribution in [3.05, 3.63) is 17.5 Å². The van der Waals surface area contributed by atoms with Gasteiger partial charge >= 0.3 is 0 Å². The van der Waals surface area contributed by atoms with Crippen LogP contribution in [-0.2, 0) is 10.5 Å². The first-order chi connectivity index (χ1) is 6.63. The Morgan fingerprint density at radius 1 is 1.79 bits per heavy atom. The molecule has 1 rings (SSSR count). The second-order valence-corrected chi connectivity index (χ2v) is 4.33. The minimum atomic E-state index is -0.0583. The quantitative estimate of drug-likeness (QED) is 0.822. The molecule has 1 aromatic heterocycles. The van der Waals surface area contributed by atoms with Gasteiger partial charge in [0.25, 0.3) is 0 Å². The van der Waals surface area contributed by atoms with Gasteiger partial charge in [-0.15, -0.1) is 11.8 Å². The Labute approximate surface area is 87.4 Å². The number of aromatic nitrogens is 1. The summed E-state index contributed by atoms with van der Waals surface area (Å²) in [5.41, 5.74) is 0.878. The molecule has 0 bridgehead atoms. The van der Waals surface area contributed by atoms with Crippen LogP contribution in [0.1, 0.15) is 18.4 Å². The molecule has 1 atom stereocenters. The molecule has 78 valence electrons. The van der Waals surface area contributed by atoms with E-state index < -0.39 is 0 Å². The molecule has 0 saturated heterocycles. The first-order valence-corrected chi connectivity index (χ1v) is 5.43. The molecule has 5 heteroatoms. The lowest BCUT2D eigenvalue weighted by atomic mass is 10.4. The van der Waals surface area contributed by atoms with Crippen LogP contribution in [0, 0.1) is 6.92 Å². The van der Waals surface area contributed by atoms with Gasteiger partial charge in [-0.25, -0.2) is 0 Å². The van der Waals surface area contributed by atoms with Gasteiger partial charge in [-0.3, -0.25) is 4.79 Å². The maximum Gasteiger partial charge on any atom is 0.232 e. The van der Waals surface area contributed by atoms with Gasteiger partial charge in [-0.2, -0.15) is 0 Å². The minimum absolute atomic E-state index is 0.0372. The topological polar surface area (TPSA) is 55.1 Å². The molecule has 1 aromatic rings. The fraction of sp³-hybridized carbons (Fsp3) is 0.556. The summed E-state index contributed by atoms with van der Waals surface area (Å²) >= 11 is 1.54. The minimum Gasteiger partial charge on any atom is -0.361 e. The molecule has 0 aliphatic rings. The summed E-state index contributed by atoms with van der Waals surface area (Å²) in [5.74, 6) is 1.54. The summed E-state index contributed by atoms with van der Waals surface area (Å²) in [5, 5.41) is 6.39. The summed E-state index contributed by atoms with van der Waals surface area (Å²) in [6.45, 7) is 3.72. The van der Waals surface area contributed by atoms with E-state index in [0.29, 0.717) is 5.75 Å². The van der Waals surface area contributed by atoms with Crippen molar-refractivity contribution in [1.82, 2.24) is 10.5 Å². The summed E-state index contributed by atoms with van der Waals surface area (Å²) in [6, 6.07) is 1.88. The first-order valence-electron chi connectivity index (χ1n) is 4.39. The lowest BCUT2D eigenvalue weighted by Crippen LogP contribution is -2.27. The highest BCUT2D eigenvalue weighted by molar-refractivity contribution is 7.99. The van der Waals surface area contributed by atoms with Crippen LogP contribution in [0.15, 0.2) is 10.6 Å². The van der Waals surface area contributed by atoms with E-state index in [-0.39, 0.29) is 11.2 Å². The number of nitrogens with zero attached hydrogens (tertiary/aromatic N) is 1. The molecular formula is C9H14N2O2S. The zero-order valence-electron chi connectivity index (χ0n) is 8.53. The van der Waals surface area contributed by atoms with Crippen LogP contribution in [0.4, 0.5) is 0 Å². The number of nitrogens with one attached hydrogen (secondary N) is 1. The van der Waals surface area contributed by atoms with Crippen LogP contribution >= 0.6 is 11.8 Å². The van der Waals surface area contributed by atoms with E-state index in [4.69, 9.17) is 4.52 Å². The molecule has 4 nitrogen and oxygen atoms in total. The van der Waals surface area contributed by atoms with Crippen molar-refractivity contribution >= 4 is 17.7 Å². The Bertz CT molecular complexity index is 312. The lowest BCUT2D eigenvalue weighted by molar-refractivity contribution is -0.119. The zero-order valence-corrected chi connectivity index (χ0v) is 9.35. The summed E-state index contributed by atoms with van der Waals surface area (Å²) in [7, 11) is 1.64. The van der Waals surface area contributed by atoms with Crippen LogP contribution in [0.5, 0.6) is 0 Å². The monoisotopic (exact) mass is 214 g/mol. The van der Waals surface area contributed by atoms with E-state index in [2.05, 4.69) is 10.5 Å². The third kappa shape index (κ3) is 3.06. The van der Waals surface area contributed by atoms with E-state index in [1.165, 1.54) is 0 Å². The molecule has 0 aliphatic carbocycles. The van der Waals surface area contributed by atoms with Crippen LogP contribution in [0.2, 0.25) is 0 Å². The van der Waals surface area contributed by atoms with E-state index in [1.54, 1.807) is 18.8 Å². The Morgan fingerprint density at radius 3 is 3.00 bits per heavy atom. The van der Waals surface area contributed by atoms with Gasteiger partial charge in [-0.1, -0.05) is 5.16 Å². The molecule has 0 aliphatic heterocycles. The van der Waals surface area contributed by atoms with Gasteiger partial charge < -0.3 is 9.84 Å². The summed E-state index contributed by atoms with van der Waals surface area (Å²) < 4.78 is 4.92. The van der Waals surface area contributed by atoms with Crippen LogP contribution in [0.3, 0.4) is 0 Å². The number of hydrogen-bond donors (Lipinski definition) is 1. The third-order valence-electron chi connectivity index (χ3n) is 1.77. The second kappa shape index (κ2) is 5.05. The Balaban J connectivity index is 2.37. The van der Waals surface area contributed by atoms with Crippen molar-refractivity contribution in [1.29, 1.82) is 0 Å². The predicted molar refractivity (Wildman–Crippen MR) is 56.1 cm³/mol. The highest BCUT2D eigenvalue weighted by atomic mass is 32.2. The molecule has 0 aromatic carbocycles. The standard InChI is InChI=1S/C9H14N2O2S/c1-6-4-8(11-13-6)5-14-7(2)9(12)10-3/h4,7H,5H2,1-3H3,(H,10,12). The molecule has 0 saturated carbocycles. The fourth-order valence-corrected chi connectivity index (χ4v) is 1.80. The molecule has 14 heavy (non-hydrogen) atoms. The van der Waals surface area contributed by atoms with E-state index >= 15 is 0 Å². The van der Waals surface area contributed by atoms with Gasteiger partial charge in [0, 0.05) is 18.9 Å². The smallest absolute Gasteiger partial charge is 0.232 e. The number of aryl methyl sites for hydroxylation is 1. The Morgan fingerprint density at radius 2 is 2.50 bits per heavy atom. The average Bonchev–Trinajstić information content (AvgIpc) is 2.59. The van der Waals surface area contributed by atoms with Gasteiger partial charge in [0.1, 0.15) is 5.76 Å². The number of carbonyl (C=O) groups excluding carboxylic acids is 1. The van der Waals surface area contributed by atoms with Crippen molar-refractivity contribution in [2.75, 3.05) is 7.05 Å². The van der Waals surface area contributed by atoms with Crippen molar-refractivity contribution in [3.63, 3.8) is 0 Å². The molecule has 0 fully saturated rings. The first kappa shape index (κ1) is 11.1. The van der Waals surface area contributed by atoms with E-state index in [1.807, 2.05) is 19.9 Å². The maximum atomic E-state index is 11.2. The van der Waals surface area contributed by atoms with Crippen LogP contribution < -0.4 is 5.32 Å². The normalized spacial score (nSPS) is 12.5. The van der Waals surface area contributed by atoms with Crippen LogP contribution in [-0.4, -0.2) is 23.4 Å². The van der Waals surface area contributed by atoms with Crippen molar-refractivity contribution < 1.29 is 9.32 Å². The molecule has 1 N–H and O–H groups in total. The Hall–Kier alpha value is -0.970. The SMILES string of the molecule is CNC(=O)C(C)SCc1cc(C)on1.